The fraction of sp³-hybridized carbons (Fsp3) is 0.524. The van der Waals surface area contributed by atoms with Gasteiger partial charge in [0, 0.05) is 11.4 Å². The second kappa shape index (κ2) is 7.10. The number of nitrogens with zero attached hydrogens (tertiary/aromatic N) is 1. The van der Waals surface area contributed by atoms with E-state index in [-0.39, 0.29) is 29.8 Å². The Balaban J connectivity index is 1.77. The number of hydrogen-bond acceptors (Lipinski definition) is 4. The van der Waals surface area contributed by atoms with Crippen LogP contribution in [0.3, 0.4) is 0 Å². The highest BCUT2D eigenvalue weighted by Gasteiger charge is 2.51. The molecule has 1 saturated carbocycles. The summed E-state index contributed by atoms with van der Waals surface area (Å²) in [4.78, 5) is 29.4. The Hall–Kier alpha value is -1.75. The maximum atomic E-state index is 13.3. The minimum atomic E-state index is -0.302. The number of ether oxygens (including phenoxy) is 1. The van der Waals surface area contributed by atoms with Gasteiger partial charge in [-0.2, -0.15) is 0 Å². The topological polar surface area (TPSA) is 46.6 Å². The van der Waals surface area contributed by atoms with Crippen molar-refractivity contribution in [2.24, 2.45) is 5.92 Å². The van der Waals surface area contributed by atoms with Crippen molar-refractivity contribution in [3.8, 4) is 0 Å². The lowest BCUT2D eigenvalue weighted by atomic mass is 9.77. The quantitative estimate of drug-likeness (QED) is 0.747. The summed E-state index contributed by atoms with van der Waals surface area (Å²) in [5, 5.41) is 0. The summed E-state index contributed by atoms with van der Waals surface area (Å²) in [7, 11) is 0. The van der Waals surface area contributed by atoms with Gasteiger partial charge in [-0.05, 0) is 49.6 Å². The maximum Gasteiger partial charge on any atom is 0.290 e. The highest BCUT2D eigenvalue weighted by atomic mass is 32.2. The SMILES string of the molecule is CCCN1C(=O)C2=C(C(=O)C3CCCCC3O2)C1c1ccc(SC)cc1. The molecule has 0 saturated heterocycles. The number of Topliss-reactive ketones (excluding diaryl/α,β-unsaturated/α-hetero) is 1. The standard InChI is InChI=1S/C21H25NO3S/c1-3-12-22-18(13-8-10-14(26-2)11-9-13)17-19(23)15-6-4-5-7-16(15)25-20(17)21(22)24/h8-11,15-16,18H,3-7,12H2,1-2H3. The third-order valence-corrected chi connectivity index (χ3v) is 6.50. The molecule has 2 aliphatic heterocycles. The Bertz CT molecular complexity index is 755. The lowest BCUT2D eigenvalue weighted by Gasteiger charge is -2.35. The Morgan fingerprint density at radius 2 is 1.88 bits per heavy atom. The van der Waals surface area contributed by atoms with Crippen LogP contribution in [0.5, 0.6) is 0 Å². The van der Waals surface area contributed by atoms with Crippen molar-refractivity contribution < 1.29 is 14.3 Å². The third kappa shape index (κ3) is 2.77. The fourth-order valence-corrected chi connectivity index (χ4v) is 4.90. The van der Waals surface area contributed by atoms with Crippen molar-refractivity contribution in [1.82, 2.24) is 4.90 Å². The van der Waals surface area contributed by atoms with Crippen LogP contribution < -0.4 is 0 Å². The second-order valence-electron chi connectivity index (χ2n) is 7.33. The second-order valence-corrected chi connectivity index (χ2v) is 8.21. The molecule has 1 fully saturated rings. The number of carbonyl (C=O) groups excluding carboxylic acids is 2. The number of benzene rings is 1. The van der Waals surface area contributed by atoms with Gasteiger partial charge in [0.15, 0.2) is 11.5 Å². The van der Waals surface area contributed by atoms with Crippen molar-refractivity contribution >= 4 is 23.5 Å². The Morgan fingerprint density at radius 3 is 2.58 bits per heavy atom. The normalized spacial score (nSPS) is 28.1. The number of amides is 1. The first-order valence-corrected chi connectivity index (χ1v) is 10.8. The molecule has 3 atom stereocenters. The van der Waals surface area contributed by atoms with Crippen LogP contribution in [-0.2, 0) is 14.3 Å². The summed E-state index contributed by atoms with van der Waals surface area (Å²) in [5.74, 6) is 0.274. The third-order valence-electron chi connectivity index (χ3n) is 5.75. The van der Waals surface area contributed by atoms with Crippen LogP contribution >= 0.6 is 11.8 Å². The van der Waals surface area contributed by atoms with E-state index in [1.807, 2.05) is 23.3 Å². The Kier molecular flexibility index (Phi) is 4.82. The highest BCUT2D eigenvalue weighted by Crippen LogP contribution is 2.46. The number of rotatable bonds is 4. The zero-order valence-electron chi connectivity index (χ0n) is 15.4. The summed E-state index contributed by atoms with van der Waals surface area (Å²) in [6, 6.07) is 7.91. The van der Waals surface area contributed by atoms with Gasteiger partial charge in [-0.25, -0.2) is 0 Å². The smallest absolute Gasteiger partial charge is 0.290 e. The molecule has 26 heavy (non-hydrogen) atoms. The van der Waals surface area contributed by atoms with Crippen LogP contribution in [0.15, 0.2) is 40.5 Å². The predicted octanol–water partition coefficient (Wildman–Crippen LogP) is 4.11. The summed E-state index contributed by atoms with van der Waals surface area (Å²) < 4.78 is 6.13. The van der Waals surface area contributed by atoms with Crippen molar-refractivity contribution in [3.05, 3.63) is 41.2 Å². The van der Waals surface area contributed by atoms with Gasteiger partial charge in [-0.1, -0.05) is 25.5 Å². The molecule has 3 unspecified atom stereocenters. The van der Waals surface area contributed by atoms with Gasteiger partial charge in [-0.3, -0.25) is 9.59 Å². The van der Waals surface area contributed by atoms with E-state index in [0.717, 1.165) is 37.7 Å². The van der Waals surface area contributed by atoms with Crippen LogP contribution in [0.1, 0.15) is 50.6 Å². The highest BCUT2D eigenvalue weighted by molar-refractivity contribution is 7.98. The summed E-state index contributed by atoms with van der Waals surface area (Å²) >= 11 is 1.69. The van der Waals surface area contributed by atoms with Gasteiger partial charge < -0.3 is 9.64 Å². The molecule has 0 N–H and O–H groups in total. The van der Waals surface area contributed by atoms with E-state index < -0.39 is 0 Å². The number of ketones is 1. The summed E-state index contributed by atoms with van der Waals surface area (Å²) in [6.07, 6.45) is 6.68. The van der Waals surface area contributed by atoms with Gasteiger partial charge >= 0.3 is 0 Å². The lowest BCUT2D eigenvalue weighted by molar-refractivity contribution is -0.135. The van der Waals surface area contributed by atoms with Gasteiger partial charge in [0.2, 0.25) is 0 Å². The van der Waals surface area contributed by atoms with Crippen molar-refractivity contribution in [2.75, 3.05) is 12.8 Å². The van der Waals surface area contributed by atoms with Gasteiger partial charge in [0.05, 0.1) is 17.5 Å². The molecule has 0 aromatic heterocycles. The van der Waals surface area contributed by atoms with Crippen LogP contribution in [0, 0.1) is 5.92 Å². The summed E-state index contributed by atoms with van der Waals surface area (Å²) in [5.41, 5.74) is 1.60. The molecular weight excluding hydrogens is 346 g/mol. The average molecular weight is 372 g/mol. The summed E-state index contributed by atoms with van der Waals surface area (Å²) in [6.45, 7) is 2.69. The van der Waals surface area contributed by atoms with E-state index in [9.17, 15) is 9.59 Å². The predicted molar refractivity (Wildman–Crippen MR) is 102 cm³/mol. The molecule has 2 heterocycles. The first-order chi connectivity index (χ1) is 12.7. The Labute approximate surface area is 159 Å². The molecule has 0 radical (unpaired) electrons. The average Bonchev–Trinajstić information content (AvgIpc) is 2.95. The van der Waals surface area contributed by atoms with E-state index in [0.29, 0.717) is 17.9 Å². The first-order valence-electron chi connectivity index (χ1n) is 9.55. The molecule has 1 aromatic rings. The molecule has 0 bridgehead atoms. The molecule has 5 heteroatoms. The number of fused-ring (bicyclic) bond motifs is 1. The largest absolute Gasteiger partial charge is 0.483 e. The minimum absolute atomic E-state index is 0.0788. The van der Waals surface area contributed by atoms with E-state index in [4.69, 9.17) is 4.74 Å². The van der Waals surface area contributed by atoms with Gasteiger partial charge in [0.25, 0.3) is 5.91 Å². The van der Waals surface area contributed by atoms with Gasteiger partial charge in [0.1, 0.15) is 6.10 Å². The molecule has 3 aliphatic rings. The molecule has 138 valence electrons. The molecule has 1 aromatic carbocycles. The molecule has 0 spiro atoms. The van der Waals surface area contributed by atoms with E-state index >= 15 is 0 Å². The Morgan fingerprint density at radius 1 is 1.15 bits per heavy atom. The number of thioether (sulfide) groups is 1. The first kappa shape index (κ1) is 17.7. The van der Waals surface area contributed by atoms with E-state index in [1.165, 1.54) is 4.90 Å². The zero-order chi connectivity index (χ0) is 18.3. The maximum absolute atomic E-state index is 13.3. The number of carbonyl (C=O) groups is 2. The van der Waals surface area contributed by atoms with Crippen LogP contribution in [-0.4, -0.2) is 35.5 Å². The van der Waals surface area contributed by atoms with E-state index in [1.54, 1.807) is 11.8 Å². The van der Waals surface area contributed by atoms with Crippen molar-refractivity contribution in [3.63, 3.8) is 0 Å². The zero-order valence-corrected chi connectivity index (χ0v) is 16.2. The monoisotopic (exact) mass is 371 g/mol. The van der Waals surface area contributed by atoms with Crippen LogP contribution in [0.4, 0.5) is 0 Å². The number of hydrogen-bond donors (Lipinski definition) is 0. The van der Waals surface area contributed by atoms with Crippen LogP contribution in [0.2, 0.25) is 0 Å². The molecular formula is C21H25NO3S. The van der Waals surface area contributed by atoms with Crippen molar-refractivity contribution in [2.45, 2.75) is 56.1 Å². The molecule has 4 rings (SSSR count). The molecule has 4 nitrogen and oxygen atoms in total. The minimum Gasteiger partial charge on any atom is -0.483 e. The lowest BCUT2D eigenvalue weighted by Crippen LogP contribution is -2.39. The fourth-order valence-electron chi connectivity index (χ4n) is 4.50. The van der Waals surface area contributed by atoms with Gasteiger partial charge in [-0.15, -0.1) is 11.8 Å². The molecule has 1 amide bonds. The molecule has 1 aliphatic carbocycles. The van der Waals surface area contributed by atoms with Crippen molar-refractivity contribution in [1.29, 1.82) is 0 Å². The van der Waals surface area contributed by atoms with E-state index in [2.05, 4.69) is 19.1 Å². The van der Waals surface area contributed by atoms with Crippen LogP contribution in [0.25, 0.3) is 0 Å².